The highest BCUT2D eigenvalue weighted by Crippen LogP contribution is 2.52. The summed E-state index contributed by atoms with van der Waals surface area (Å²) in [6.45, 7) is 11.0. The van der Waals surface area contributed by atoms with Crippen LogP contribution in [0.15, 0.2) is 48.7 Å². The van der Waals surface area contributed by atoms with Crippen molar-refractivity contribution in [3.05, 3.63) is 76.5 Å². The van der Waals surface area contributed by atoms with Crippen LogP contribution in [0, 0.1) is 19.8 Å². The summed E-state index contributed by atoms with van der Waals surface area (Å²) in [5, 5.41) is 11.0. The summed E-state index contributed by atoms with van der Waals surface area (Å²) in [6.07, 6.45) is 3.89. The predicted octanol–water partition coefficient (Wildman–Crippen LogP) is 5.07. The third-order valence-corrected chi connectivity index (χ3v) is 8.28. The number of amides is 1. The van der Waals surface area contributed by atoms with Gasteiger partial charge in [-0.1, -0.05) is 55.8 Å². The van der Waals surface area contributed by atoms with Gasteiger partial charge >= 0.3 is 0 Å². The molecule has 2 heterocycles. The number of H-pyrrole nitrogens is 1. The molecular weight excluding hydrogens is 448 g/mol. The monoisotopic (exact) mass is 486 g/mol. The van der Waals surface area contributed by atoms with Crippen molar-refractivity contribution in [3.63, 3.8) is 0 Å². The van der Waals surface area contributed by atoms with Crippen LogP contribution in [0.5, 0.6) is 0 Å². The maximum Gasteiger partial charge on any atom is 0.223 e. The third-order valence-electron chi connectivity index (χ3n) is 8.28. The Bertz CT molecular complexity index is 1240. The van der Waals surface area contributed by atoms with E-state index in [0.717, 1.165) is 38.2 Å². The Balaban J connectivity index is 1.36. The van der Waals surface area contributed by atoms with Gasteiger partial charge in [-0.25, -0.2) is 0 Å². The van der Waals surface area contributed by atoms with E-state index in [0.29, 0.717) is 0 Å². The van der Waals surface area contributed by atoms with Crippen LogP contribution in [-0.4, -0.2) is 47.3 Å². The Morgan fingerprint density at radius 3 is 2.67 bits per heavy atom. The number of hydrogen-bond donors (Lipinski definition) is 2. The van der Waals surface area contributed by atoms with Gasteiger partial charge in [-0.05, 0) is 62.5 Å². The van der Waals surface area contributed by atoms with Crippen molar-refractivity contribution < 1.29 is 9.53 Å². The predicted molar refractivity (Wildman–Crippen MR) is 143 cm³/mol. The molecule has 1 aliphatic heterocycles. The molecule has 1 aliphatic carbocycles. The first kappa shape index (κ1) is 24.7. The number of nitrogens with zero attached hydrogens (tertiary/aromatic N) is 2. The number of likely N-dealkylation sites (tertiary alicyclic amines) is 1. The highest BCUT2D eigenvalue weighted by Gasteiger charge is 2.54. The maximum atomic E-state index is 12.7. The quantitative estimate of drug-likeness (QED) is 0.510. The lowest BCUT2D eigenvalue weighted by molar-refractivity contribution is -0.126. The summed E-state index contributed by atoms with van der Waals surface area (Å²) >= 11 is 0. The molecule has 36 heavy (non-hydrogen) atoms. The molecular formula is C30H38N4O2. The van der Waals surface area contributed by atoms with E-state index in [2.05, 4.69) is 76.7 Å². The molecule has 2 aliphatic rings. The summed E-state index contributed by atoms with van der Waals surface area (Å²) < 4.78 is 6.17. The summed E-state index contributed by atoms with van der Waals surface area (Å²) in [6, 6.07) is 15.1. The van der Waals surface area contributed by atoms with Crippen LogP contribution in [0.3, 0.4) is 0 Å². The number of carbonyl (C=O) groups excluding carboxylic acids is 1. The van der Waals surface area contributed by atoms with E-state index in [9.17, 15) is 4.79 Å². The second kappa shape index (κ2) is 9.83. The summed E-state index contributed by atoms with van der Waals surface area (Å²) in [4.78, 5) is 15.2. The van der Waals surface area contributed by atoms with Crippen LogP contribution in [0.1, 0.15) is 60.5 Å². The van der Waals surface area contributed by atoms with Crippen molar-refractivity contribution in [3.8, 4) is 11.3 Å². The van der Waals surface area contributed by atoms with E-state index >= 15 is 0 Å². The second-order valence-corrected chi connectivity index (χ2v) is 10.9. The molecule has 1 aromatic heterocycles. The van der Waals surface area contributed by atoms with Gasteiger partial charge in [-0.15, -0.1) is 0 Å². The first-order chi connectivity index (χ1) is 17.3. The summed E-state index contributed by atoms with van der Waals surface area (Å²) in [7, 11) is 1.79. The average molecular weight is 487 g/mol. The van der Waals surface area contributed by atoms with Crippen LogP contribution in [0.4, 0.5) is 0 Å². The minimum atomic E-state index is -0.113. The molecule has 0 radical (unpaired) electrons. The van der Waals surface area contributed by atoms with Crippen LogP contribution in [-0.2, 0) is 21.5 Å². The molecule has 0 unspecified atom stereocenters. The zero-order valence-corrected chi connectivity index (χ0v) is 22.1. The highest BCUT2D eigenvalue weighted by molar-refractivity contribution is 5.79. The van der Waals surface area contributed by atoms with Crippen molar-refractivity contribution in [2.45, 2.75) is 64.6 Å². The molecule has 2 aromatic carbocycles. The van der Waals surface area contributed by atoms with E-state index < -0.39 is 0 Å². The fourth-order valence-corrected chi connectivity index (χ4v) is 6.27. The van der Waals surface area contributed by atoms with Crippen LogP contribution in [0.2, 0.25) is 0 Å². The second-order valence-electron chi connectivity index (χ2n) is 10.9. The van der Waals surface area contributed by atoms with E-state index in [-0.39, 0.29) is 29.4 Å². The van der Waals surface area contributed by atoms with Crippen molar-refractivity contribution in [2.24, 2.45) is 5.92 Å². The molecule has 5 rings (SSSR count). The molecule has 3 aromatic rings. The number of aromatic nitrogens is 2. The number of rotatable bonds is 6. The first-order valence-electron chi connectivity index (χ1n) is 13.1. The van der Waals surface area contributed by atoms with E-state index in [4.69, 9.17) is 4.74 Å². The Hall–Kier alpha value is -2.96. The van der Waals surface area contributed by atoms with E-state index in [1.165, 1.54) is 33.4 Å². The van der Waals surface area contributed by atoms with Gasteiger partial charge in [-0.3, -0.25) is 14.8 Å². The molecule has 190 valence electrons. The first-order valence-corrected chi connectivity index (χ1v) is 13.1. The lowest BCUT2D eigenvalue weighted by Crippen LogP contribution is -2.50. The highest BCUT2D eigenvalue weighted by atomic mass is 16.5. The molecule has 6 heteroatoms. The van der Waals surface area contributed by atoms with Crippen LogP contribution in [0.25, 0.3) is 11.3 Å². The van der Waals surface area contributed by atoms with Gasteiger partial charge in [-0.2, -0.15) is 5.10 Å². The minimum Gasteiger partial charge on any atom is -0.378 e. The van der Waals surface area contributed by atoms with Crippen LogP contribution < -0.4 is 5.32 Å². The number of carbonyl (C=O) groups is 1. The number of piperidine rings is 1. The number of aryl methyl sites for hydroxylation is 2. The lowest BCUT2D eigenvalue weighted by Gasteiger charge is -2.44. The number of fused-ring (bicyclic) bond motifs is 2. The van der Waals surface area contributed by atoms with Crippen molar-refractivity contribution >= 4 is 5.91 Å². The molecule has 6 nitrogen and oxygen atoms in total. The number of nitrogens with one attached hydrogen (secondary N) is 2. The minimum absolute atomic E-state index is 0.0609. The average Bonchev–Trinajstić information content (AvgIpc) is 3.43. The van der Waals surface area contributed by atoms with Gasteiger partial charge in [0.15, 0.2) is 0 Å². The molecule has 1 amide bonds. The molecule has 1 spiro atoms. The van der Waals surface area contributed by atoms with E-state index in [1.807, 2.05) is 20.0 Å². The molecule has 0 bridgehead atoms. The molecule has 1 fully saturated rings. The van der Waals surface area contributed by atoms with Crippen LogP contribution >= 0.6 is 0 Å². The Labute approximate surface area is 214 Å². The van der Waals surface area contributed by atoms with Gasteiger partial charge in [0, 0.05) is 36.1 Å². The number of hydrogen-bond acceptors (Lipinski definition) is 4. The zero-order chi connectivity index (χ0) is 25.4. The summed E-state index contributed by atoms with van der Waals surface area (Å²) in [5.74, 6) is 0.0135. The molecule has 0 saturated carbocycles. The standard InChI is InChI=1S/C30H38N4O2/c1-19(2)29(35)32-27-23-8-6-7-9-25(23)30(28(27)36-5)12-14-34(15-13-30)18-22-17-31-33-26(22)24-16-20(3)10-11-21(24)4/h6-11,16-17,19,27-28H,12-15,18H2,1-5H3,(H,31,33)(H,32,35)/t27-,28+/m1/s1. The lowest BCUT2D eigenvalue weighted by atomic mass is 9.71. The normalized spacial score (nSPS) is 21.2. The largest absolute Gasteiger partial charge is 0.378 e. The van der Waals surface area contributed by atoms with Gasteiger partial charge in [0.2, 0.25) is 5.91 Å². The molecule has 2 atom stereocenters. The van der Waals surface area contributed by atoms with Gasteiger partial charge in [0.1, 0.15) is 0 Å². The number of methoxy groups -OCH3 is 1. The summed E-state index contributed by atoms with van der Waals surface area (Å²) in [5.41, 5.74) is 8.53. The number of benzene rings is 2. The SMILES string of the molecule is CO[C@H]1[C@H](NC(=O)C(C)C)c2ccccc2C12CCN(Cc1cn[nH]c1-c1cc(C)ccc1C)CC2. The molecule has 2 N–H and O–H groups in total. The molecule has 1 saturated heterocycles. The Morgan fingerprint density at radius 2 is 1.94 bits per heavy atom. The smallest absolute Gasteiger partial charge is 0.223 e. The fourth-order valence-electron chi connectivity index (χ4n) is 6.27. The third kappa shape index (κ3) is 4.27. The van der Waals surface area contributed by atoms with E-state index in [1.54, 1.807) is 7.11 Å². The number of aromatic amines is 1. The van der Waals surface area contributed by atoms with Gasteiger partial charge in [0.05, 0.1) is 24.0 Å². The van der Waals surface area contributed by atoms with Crippen molar-refractivity contribution in [2.75, 3.05) is 20.2 Å². The van der Waals surface area contributed by atoms with Gasteiger partial charge < -0.3 is 10.1 Å². The van der Waals surface area contributed by atoms with Crippen molar-refractivity contribution in [1.29, 1.82) is 0 Å². The van der Waals surface area contributed by atoms with Crippen molar-refractivity contribution in [1.82, 2.24) is 20.4 Å². The Kier molecular flexibility index (Phi) is 6.75. The Morgan fingerprint density at radius 1 is 1.19 bits per heavy atom. The topological polar surface area (TPSA) is 70.2 Å². The zero-order valence-electron chi connectivity index (χ0n) is 22.1. The maximum absolute atomic E-state index is 12.7. The van der Waals surface area contributed by atoms with Gasteiger partial charge in [0.25, 0.3) is 0 Å². The number of ether oxygens (including phenoxy) is 1. The fraction of sp³-hybridized carbons (Fsp3) is 0.467.